The van der Waals surface area contributed by atoms with Crippen molar-refractivity contribution in [2.45, 2.75) is 18.6 Å². The average Bonchev–Trinajstić information content (AvgIpc) is 2.59. The Morgan fingerprint density at radius 3 is 2.65 bits per heavy atom. The molecule has 0 aliphatic carbocycles. The number of ketones is 1. The highest BCUT2D eigenvalue weighted by Gasteiger charge is 2.31. The summed E-state index contributed by atoms with van der Waals surface area (Å²) >= 11 is 0. The van der Waals surface area contributed by atoms with Crippen molar-refractivity contribution in [3.8, 4) is 11.5 Å². The van der Waals surface area contributed by atoms with E-state index < -0.39 is 5.59 Å². The number of nitrogens with one attached hydrogen (secondary N) is 1. The molecule has 4 radical (unpaired) electrons. The first-order valence-corrected chi connectivity index (χ1v) is 5.24. The van der Waals surface area contributed by atoms with Crippen LogP contribution in [0.15, 0.2) is 18.2 Å². The molecule has 1 aliphatic rings. The number of benzene rings is 1. The molecular formula is C11H11B2NO3. The number of rotatable bonds is 3. The van der Waals surface area contributed by atoms with Gasteiger partial charge in [0.25, 0.3) is 0 Å². The molecule has 1 aromatic rings. The van der Waals surface area contributed by atoms with E-state index in [-0.39, 0.29) is 11.8 Å². The molecule has 0 spiro atoms. The van der Waals surface area contributed by atoms with Crippen molar-refractivity contribution in [3.05, 3.63) is 23.8 Å². The number of fused-ring (bicyclic) bond motifs is 1. The van der Waals surface area contributed by atoms with Crippen LogP contribution in [0.2, 0.25) is 0 Å². The second-order valence-electron chi connectivity index (χ2n) is 3.96. The Bertz CT molecular complexity index is 462. The summed E-state index contributed by atoms with van der Waals surface area (Å²) in [6.45, 7) is 1.78. The van der Waals surface area contributed by atoms with E-state index in [2.05, 4.69) is 5.32 Å². The molecule has 1 heterocycles. The third kappa shape index (κ3) is 2.31. The predicted octanol–water partition coefficient (Wildman–Crippen LogP) is 0.197. The monoisotopic (exact) mass is 227 g/mol. The Labute approximate surface area is 102 Å². The highest BCUT2D eigenvalue weighted by Crippen LogP contribution is 2.37. The Morgan fingerprint density at radius 2 is 2.00 bits per heavy atom. The van der Waals surface area contributed by atoms with Crippen LogP contribution in [0.4, 0.5) is 0 Å². The molecule has 1 N–H and O–H groups in total. The fourth-order valence-electron chi connectivity index (χ4n) is 1.57. The summed E-state index contributed by atoms with van der Waals surface area (Å²) in [5, 5.41) is 2.88. The normalized spacial score (nSPS) is 17.8. The minimum absolute atomic E-state index is 0.0366. The molecule has 1 aliphatic heterocycles. The third-order valence-electron chi connectivity index (χ3n) is 2.59. The summed E-state index contributed by atoms with van der Waals surface area (Å²) in [5.41, 5.74) is -1.13. The number of hydrogen-bond donors (Lipinski definition) is 1. The first-order chi connectivity index (χ1) is 7.93. The highest BCUT2D eigenvalue weighted by molar-refractivity contribution is 6.38. The maximum atomic E-state index is 11.9. The Balaban J connectivity index is 2.28. The Hall–Kier alpha value is -1.42. The standard InChI is InChI=1S/C11H11B2NO3/c1-6(14-2)10(15)7-3-4-8-9(5-7)17-11(12,13)16-8/h3-6,14H,1-2H3/t6-/m0/s1. The van der Waals surface area contributed by atoms with Crippen molar-refractivity contribution in [2.24, 2.45) is 0 Å². The van der Waals surface area contributed by atoms with E-state index in [4.69, 9.17) is 25.2 Å². The quantitative estimate of drug-likeness (QED) is 0.591. The number of hydrogen-bond acceptors (Lipinski definition) is 4. The van der Waals surface area contributed by atoms with E-state index in [1.165, 1.54) is 0 Å². The molecule has 6 heteroatoms. The van der Waals surface area contributed by atoms with E-state index in [1.54, 1.807) is 32.2 Å². The zero-order valence-electron chi connectivity index (χ0n) is 9.69. The van der Waals surface area contributed by atoms with Gasteiger partial charge in [-0.15, -0.1) is 0 Å². The third-order valence-corrected chi connectivity index (χ3v) is 2.59. The van der Waals surface area contributed by atoms with Gasteiger partial charge in [-0.05, 0) is 32.2 Å². The van der Waals surface area contributed by atoms with Gasteiger partial charge in [0, 0.05) is 5.56 Å². The molecule has 84 valence electrons. The van der Waals surface area contributed by atoms with E-state index >= 15 is 0 Å². The Kier molecular flexibility index (Phi) is 2.91. The molecule has 1 aromatic carbocycles. The van der Waals surface area contributed by atoms with Gasteiger partial charge in [0.15, 0.2) is 38.6 Å². The van der Waals surface area contributed by atoms with Gasteiger partial charge in [-0.2, -0.15) is 0 Å². The van der Waals surface area contributed by atoms with Crippen LogP contribution in [0.1, 0.15) is 17.3 Å². The number of ether oxygens (including phenoxy) is 2. The molecule has 1 atom stereocenters. The lowest BCUT2D eigenvalue weighted by Crippen LogP contribution is -2.39. The van der Waals surface area contributed by atoms with Gasteiger partial charge in [0.05, 0.1) is 6.04 Å². The smallest absolute Gasteiger partial charge is 0.179 e. The predicted molar refractivity (Wildman–Crippen MR) is 64.8 cm³/mol. The van der Waals surface area contributed by atoms with Gasteiger partial charge in [-0.25, -0.2) is 0 Å². The zero-order valence-corrected chi connectivity index (χ0v) is 9.69. The van der Waals surface area contributed by atoms with Crippen LogP contribution in [0.25, 0.3) is 0 Å². The first-order valence-electron chi connectivity index (χ1n) is 5.24. The number of Topliss-reactive ketones (excluding diaryl/α,β-unsaturated/α-hetero) is 1. The van der Waals surface area contributed by atoms with Crippen LogP contribution >= 0.6 is 0 Å². The lowest BCUT2D eigenvalue weighted by molar-refractivity contribution is 0.0831. The van der Waals surface area contributed by atoms with Gasteiger partial charge in [-0.3, -0.25) is 4.79 Å². The van der Waals surface area contributed by atoms with Crippen molar-refractivity contribution in [2.75, 3.05) is 7.05 Å². The van der Waals surface area contributed by atoms with Crippen LogP contribution in [0.3, 0.4) is 0 Å². The molecular weight excluding hydrogens is 216 g/mol. The number of carbonyl (C=O) groups excluding carboxylic acids is 1. The summed E-state index contributed by atoms with van der Waals surface area (Å²) < 4.78 is 10.3. The largest absolute Gasteiger partial charge is 0.468 e. The zero-order chi connectivity index (χ0) is 12.6. The van der Waals surface area contributed by atoms with Crippen molar-refractivity contribution in [1.29, 1.82) is 0 Å². The second kappa shape index (κ2) is 4.11. The molecule has 2 rings (SSSR count). The summed E-state index contributed by atoms with van der Waals surface area (Å²) in [6, 6.07) is 4.58. The highest BCUT2D eigenvalue weighted by atomic mass is 16.7. The molecule has 0 amide bonds. The summed E-state index contributed by atoms with van der Waals surface area (Å²) in [4.78, 5) is 11.9. The fraction of sp³-hybridized carbons (Fsp3) is 0.364. The van der Waals surface area contributed by atoms with Crippen molar-refractivity contribution >= 4 is 21.5 Å². The van der Waals surface area contributed by atoms with E-state index in [0.717, 1.165) is 0 Å². The van der Waals surface area contributed by atoms with E-state index in [0.29, 0.717) is 17.1 Å². The lowest BCUT2D eigenvalue weighted by atomic mass is 9.76. The van der Waals surface area contributed by atoms with Gasteiger partial charge in [-0.1, -0.05) is 0 Å². The van der Waals surface area contributed by atoms with Gasteiger partial charge < -0.3 is 14.8 Å². The summed E-state index contributed by atoms with van der Waals surface area (Å²) in [6.07, 6.45) is 0. The molecule has 0 aromatic heterocycles. The molecule has 0 fully saturated rings. The van der Waals surface area contributed by atoms with Crippen LogP contribution < -0.4 is 14.8 Å². The van der Waals surface area contributed by atoms with Crippen LogP contribution in [-0.4, -0.2) is 40.2 Å². The first kappa shape index (κ1) is 12.0. The topological polar surface area (TPSA) is 47.6 Å². The van der Waals surface area contributed by atoms with E-state index in [1.807, 2.05) is 0 Å². The van der Waals surface area contributed by atoms with Crippen molar-refractivity contribution < 1.29 is 14.3 Å². The van der Waals surface area contributed by atoms with Crippen LogP contribution in [0.5, 0.6) is 11.5 Å². The summed E-state index contributed by atoms with van der Waals surface area (Å²) in [7, 11) is 12.7. The van der Waals surface area contributed by atoms with E-state index in [9.17, 15) is 4.79 Å². The maximum Gasteiger partial charge on any atom is 0.179 e. The summed E-state index contributed by atoms with van der Waals surface area (Å²) in [5.74, 6) is 0.776. The fourth-order valence-corrected chi connectivity index (χ4v) is 1.57. The van der Waals surface area contributed by atoms with Crippen molar-refractivity contribution in [1.82, 2.24) is 5.32 Å². The SMILES string of the molecule is [B]C1([B])Oc2ccc(C(=O)[C@H](C)NC)cc2O1. The second-order valence-corrected chi connectivity index (χ2v) is 3.96. The van der Waals surface area contributed by atoms with Gasteiger partial charge in [0.1, 0.15) is 0 Å². The molecule has 0 saturated heterocycles. The number of likely N-dealkylation sites (N-methyl/N-ethyl adjacent to an activating group) is 1. The minimum atomic E-state index is -1.65. The Morgan fingerprint density at radius 1 is 1.35 bits per heavy atom. The average molecular weight is 227 g/mol. The molecule has 4 nitrogen and oxygen atoms in total. The molecule has 0 unspecified atom stereocenters. The molecule has 0 saturated carbocycles. The van der Waals surface area contributed by atoms with Crippen LogP contribution in [0, 0.1) is 0 Å². The lowest BCUT2D eigenvalue weighted by Gasteiger charge is -2.18. The van der Waals surface area contributed by atoms with Gasteiger partial charge >= 0.3 is 0 Å². The number of carbonyl (C=O) groups is 1. The molecule has 0 bridgehead atoms. The van der Waals surface area contributed by atoms with Gasteiger partial charge in [0.2, 0.25) is 0 Å². The molecule has 17 heavy (non-hydrogen) atoms. The minimum Gasteiger partial charge on any atom is -0.468 e. The van der Waals surface area contributed by atoms with Crippen molar-refractivity contribution in [3.63, 3.8) is 0 Å². The van der Waals surface area contributed by atoms with Crippen LogP contribution in [-0.2, 0) is 0 Å². The maximum absolute atomic E-state index is 11.9.